The quantitative estimate of drug-likeness (QED) is 0.657. The summed E-state index contributed by atoms with van der Waals surface area (Å²) in [5.74, 6) is 1.90. The number of hydrogen-bond donors (Lipinski definition) is 1. The molecule has 0 saturated carbocycles. The van der Waals surface area contributed by atoms with Gasteiger partial charge in [0.15, 0.2) is 11.5 Å². The minimum atomic E-state index is -0.471. The smallest absolute Gasteiger partial charge is 0.341 e. The van der Waals surface area contributed by atoms with Crippen LogP contribution in [0.25, 0.3) is 0 Å². The number of aryl methyl sites for hydroxylation is 2. The van der Waals surface area contributed by atoms with Gasteiger partial charge in [-0.2, -0.15) is 0 Å². The fourth-order valence-electron chi connectivity index (χ4n) is 2.76. The molecule has 8 nitrogen and oxygen atoms in total. The van der Waals surface area contributed by atoms with Crippen LogP contribution >= 0.6 is 0 Å². The van der Waals surface area contributed by atoms with E-state index in [4.69, 9.17) is 18.6 Å². The zero-order chi connectivity index (χ0) is 20.7. The molecule has 0 spiro atoms. The molecular weight excluding hydrogens is 366 g/mol. The summed E-state index contributed by atoms with van der Waals surface area (Å²) in [6.07, 6.45) is 0.759. The van der Waals surface area contributed by atoms with Gasteiger partial charge in [-0.3, -0.25) is 4.79 Å². The molecule has 0 bridgehead atoms. The predicted molar refractivity (Wildman–Crippen MR) is 101 cm³/mol. The monoisotopic (exact) mass is 391 g/mol. The molecule has 0 fully saturated rings. The van der Waals surface area contributed by atoms with Crippen LogP contribution in [0.2, 0.25) is 0 Å². The summed E-state index contributed by atoms with van der Waals surface area (Å²) in [5.41, 5.74) is 1.23. The second-order valence-corrected chi connectivity index (χ2v) is 5.98. The van der Waals surface area contributed by atoms with Crippen molar-refractivity contribution in [2.24, 2.45) is 0 Å². The number of amides is 1. The van der Waals surface area contributed by atoms with Gasteiger partial charge in [0, 0.05) is 6.42 Å². The maximum Gasteiger partial charge on any atom is 0.341 e. The van der Waals surface area contributed by atoms with Gasteiger partial charge in [0.25, 0.3) is 0 Å². The molecule has 2 aromatic rings. The molecule has 8 heteroatoms. The first-order chi connectivity index (χ1) is 13.4. The van der Waals surface area contributed by atoms with Crippen molar-refractivity contribution >= 4 is 11.9 Å². The number of rotatable bonds is 9. The normalized spacial score (nSPS) is 10.3. The molecule has 0 atom stereocenters. The van der Waals surface area contributed by atoms with Gasteiger partial charge in [-0.25, -0.2) is 4.79 Å². The van der Waals surface area contributed by atoms with E-state index in [1.54, 1.807) is 27.2 Å². The molecule has 152 valence electrons. The van der Waals surface area contributed by atoms with E-state index < -0.39 is 5.97 Å². The topological polar surface area (TPSA) is 96.2 Å². The van der Waals surface area contributed by atoms with Crippen molar-refractivity contribution in [3.05, 3.63) is 40.8 Å². The Balaban J connectivity index is 1.95. The number of carbonyl (C=O) groups excluding carboxylic acids is 2. The Bertz CT molecular complexity index is 816. The molecule has 0 saturated heterocycles. The molecule has 0 aliphatic heterocycles. The minimum absolute atomic E-state index is 0.151. The van der Waals surface area contributed by atoms with Crippen LogP contribution < -0.4 is 19.5 Å². The third-order valence-corrected chi connectivity index (χ3v) is 4.20. The fraction of sp³-hybridized carbons (Fsp3) is 0.400. The number of carbonyl (C=O) groups is 2. The number of benzene rings is 1. The van der Waals surface area contributed by atoms with E-state index in [0.29, 0.717) is 40.8 Å². The predicted octanol–water partition coefficient (Wildman–Crippen LogP) is 2.65. The lowest BCUT2D eigenvalue weighted by molar-refractivity contribution is -0.121. The highest BCUT2D eigenvalue weighted by Gasteiger charge is 2.16. The average Bonchev–Trinajstić information content (AvgIpc) is 3.09. The van der Waals surface area contributed by atoms with E-state index in [-0.39, 0.29) is 18.9 Å². The highest BCUT2D eigenvalue weighted by molar-refractivity contribution is 5.90. The van der Waals surface area contributed by atoms with E-state index in [2.05, 4.69) is 10.1 Å². The van der Waals surface area contributed by atoms with Crippen molar-refractivity contribution < 1.29 is 33.0 Å². The maximum atomic E-state index is 12.2. The van der Waals surface area contributed by atoms with E-state index in [1.807, 2.05) is 12.1 Å². The Morgan fingerprint density at radius 1 is 1.00 bits per heavy atom. The molecule has 0 aliphatic carbocycles. The summed E-state index contributed by atoms with van der Waals surface area (Å²) >= 11 is 0. The van der Waals surface area contributed by atoms with Gasteiger partial charge in [0.1, 0.15) is 17.1 Å². The Kier molecular flexibility index (Phi) is 7.31. The van der Waals surface area contributed by atoms with Crippen molar-refractivity contribution in [1.82, 2.24) is 5.32 Å². The Morgan fingerprint density at radius 3 is 2.18 bits per heavy atom. The SMILES string of the molecule is COC(=O)c1cc(CNC(=O)CCc2cc(OC)c(OC)c(OC)c2)oc1C. The lowest BCUT2D eigenvalue weighted by Crippen LogP contribution is -2.22. The van der Waals surface area contributed by atoms with Gasteiger partial charge >= 0.3 is 5.97 Å². The first-order valence-corrected chi connectivity index (χ1v) is 8.66. The number of ether oxygens (including phenoxy) is 4. The summed E-state index contributed by atoms with van der Waals surface area (Å²) in [4.78, 5) is 23.8. The van der Waals surface area contributed by atoms with E-state index in [9.17, 15) is 9.59 Å². The largest absolute Gasteiger partial charge is 0.493 e. The highest BCUT2D eigenvalue weighted by Crippen LogP contribution is 2.38. The van der Waals surface area contributed by atoms with E-state index >= 15 is 0 Å². The van der Waals surface area contributed by atoms with Gasteiger partial charge in [0.2, 0.25) is 11.7 Å². The third kappa shape index (κ3) is 4.97. The van der Waals surface area contributed by atoms with E-state index in [1.165, 1.54) is 14.2 Å². The molecule has 1 aromatic heterocycles. The lowest BCUT2D eigenvalue weighted by atomic mass is 10.1. The first-order valence-electron chi connectivity index (χ1n) is 8.66. The molecule has 1 N–H and O–H groups in total. The van der Waals surface area contributed by atoms with E-state index in [0.717, 1.165) is 5.56 Å². The summed E-state index contributed by atoms with van der Waals surface area (Å²) in [7, 11) is 5.93. The molecule has 28 heavy (non-hydrogen) atoms. The summed E-state index contributed by atoms with van der Waals surface area (Å²) in [6, 6.07) is 5.20. The minimum Gasteiger partial charge on any atom is -0.493 e. The van der Waals surface area contributed by atoms with Crippen molar-refractivity contribution in [1.29, 1.82) is 0 Å². The number of furan rings is 1. The van der Waals surface area contributed by atoms with Gasteiger partial charge in [-0.05, 0) is 37.1 Å². The van der Waals surface area contributed by atoms with Crippen LogP contribution in [0.4, 0.5) is 0 Å². The van der Waals surface area contributed by atoms with Crippen molar-refractivity contribution in [2.75, 3.05) is 28.4 Å². The van der Waals surface area contributed by atoms with Crippen LogP contribution in [0.5, 0.6) is 17.2 Å². The second-order valence-electron chi connectivity index (χ2n) is 5.98. The standard InChI is InChI=1S/C20H25NO7/c1-12-15(20(23)27-5)10-14(28-12)11-21-18(22)7-6-13-8-16(24-2)19(26-4)17(9-13)25-3/h8-10H,6-7,11H2,1-5H3,(H,21,22). The van der Waals surface area contributed by atoms with Crippen LogP contribution in [-0.4, -0.2) is 40.3 Å². The van der Waals surface area contributed by atoms with Crippen LogP contribution in [-0.2, 0) is 22.5 Å². The molecular formula is C20H25NO7. The Labute approximate surface area is 163 Å². The number of hydrogen-bond acceptors (Lipinski definition) is 7. The van der Waals surface area contributed by atoms with Gasteiger partial charge in [-0.15, -0.1) is 0 Å². The average molecular weight is 391 g/mol. The van der Waals surface area contributed by atoms with Crippen LogP contribution in [0, 0.1) is 6.92 Å². The molecule has 1 heterocycles. The van der Waals surface area contributed by atoms with Gasteiger partial charge < -0.3 is 28.7 Å². The van der Waals surface area contributed by atoms with Crippen LogP contribution in [0.1, 0.15) is 33.9 Å². The van der Waals surface area contributed by atoms with Crippen LogP contribution in [0.3, 0.4) is 0 Å². The zero-order valence-corrected chi connectivity index (χ0v) is 16.7. The molecule has 1 aromatic carbocycles. The lowest BCUT2D eigenvalue weighted by Gasteiger charge is -2.14. The summed E-state index contributed by atoms with van der Waals surface area (Å²) in [6.45, 7) is 1.86. The molecule has 0 aliphatic rings. The molecule has 1 amide bonds. The maximum absolute atomic E-state index is 12.2. The number of esters is 1. The third-order valence-electron chi connectivity index (χ3n) is 4.20. The van der Waals surface area contributed by atoms with Crippen molar-refractivity contribution in [2.45, 2.75) is 26.3 Å². The Morgan fingerprint density at radius 2 is 1.64 bits per heavy atom. The van der Waals surface area contributed by atoms with Crippen molar-refractivity contribution in [3.8, 4) is 17.2 Å². The second kappa shape index (κ2) is 9.68. The van der Waals surface area contributed by atoms with Gasteiger partial charge in [0.05, 0.1) is 35.0 Å². The zero-order valence-electron chi connectivity index (χ0n) is 16.7. The van der Waals surface area contributed by atoms with Crippen molar-refractivity contribution in [3.63, 3.8) is 0 Å². The summed E-state index contributed by atoms with van der Waals surface area (Å²) in [5, 5.41) is 2.77. The summed E-state index contributed by atoms with van der Waals surface area (Å²) < 4.78 is 26.1. The first kappa shape index (κ1) is 21.1. The highest BCUT2D eigenvalue weighted by atomic mass is 16.5. The molecule has 0 unspecified atom stereocenters. The van der Waals surface area contributed by atoms with Crippen LogP contribution in [0.15, 0.2) is 22.6 Å². The fourth-order valence-corrected chi connectivity index (χ4v) is 2.76. The number of nitrogens with one attached hydrogen (secondary N) is 1. The molecule has 0 radical (unpaired) electrons. The molecule has 2 rings (SSSR count). The van der Waals surface area contributed by atoms with Gasteiger partial charge in [-0.1, -0.05) is 0 Å². The Hall–Kier alpha value is -3.16. The number of methoxy groups -OCH3 is 4.